The molecule has 0 aromatic heterocycles. The van der Waals surface area contributed by atoms with E-state index in [9.17, 15) is 0 Å². The normalized spacial score (nSPS) is 11.9. The topological polar surface area (TPSA) is 15.6 Å². The molecular formula is C26H54N2. The van der Waals surface area contributed by atoms with Crippen molar-refractivity contribution >= 4 is 5.84 Å². The van der Waals surface area contributed by atoms with Crippen LogP contribution < -0.4 is 0 Å². The lowest BCUT2D eigenvalue weighted by molar-refractivity contribution is 0.522. The number of hydrogen-bond donors (Lipinski definition) is 0. The second kappa shape index (κ2) is 22.8. The molecule has 0 amide bonds. The minimum absolute atomic E-state index is 1.00. The summed E-state index contributed by atoms with van der Waals surface area (Å²) in [6.45, 7) is 5.40. The molecule has 0 radical (unpaired) electrons. The van der Waals surface area contributed by atoms with Crippen molar-refractivity contribution < 1.29 is 0 Å². The van der Waals surface area contributed by atoms with Gasteiger partial charge in [-0.1, -0.05) is 129 Å². The Bertz CT molecular complexity index is 322. The molecule has 0 fully saturated rings. The molecule has 168 valence electrons. The molecule has 0 aromatic rings. The second-order valence-electron chi connectivity index (χ2n) is 9.04. The molecule has 0 aliphatic heterocycles. The second-order valence-corrected chi connectivity index (χ2v) is 9.04. The van der Waals surface area contributed by atoms with E-state index in [-0.39, 0.29) is 0 Å². The van der Waals surface area contributed by atoms with Crippen LogP contribution in [0.1, 0.15) is 142 Å². The van der Waals surface area contributed by atoms with Crippen LogP contribution in [0.5, 0.6) is 0 Å². The van der Waals surface area contributed by atoms with Gasteiger partial charge in [0.05, 0.1) is 5.84 Å². The molecule has 0 unspecified atom stereocenters. The Morgan fingerprint density at radius 2 is 0.786 bits per heavy atom. The average Bonchev–Trinajstić information content (AvgIpc) is 2.68. The minimum atomic E-state index is 1.00. The maximum Gasteiger partial charge on any atom is 0.0952 e. The van der Waals surface area contributed by atoms with Crippen molar-refractivity contribution in [2.24, 2.45) is 4.99 Å². The Labute approximate surface area is 179 Å². The van der Waals surface area contributed by atoms with Gasteiger partial charge >= 0.3 is 0 Å². The zero-order valence-corrected chi connectivity index (χ0v) is 20.2. The maximum atomic E-state index is 4.58. The first-order valence-corrected chi connectivity index (χ1v) is 12.9. The van der Waals surface area contributed by atoms with Crippen molar-refractivity contribution in [3.8, 4) is 0 Å². The lowest BCUT2D eigenvalue weighted by Crippen LogP contribution is -2.18. The lowest BCUT2D eigenvalue weighted by atomic mass is 10.0. The molecule has 0 aromatic carbocycles. The Hall–Kier alpha value is -0.530. The van der Waals surface area contributed by atoms with Crippen LogP contribution in [0.3, 0.4) is 0 Å². The average molecular weight is 395 g/mol. The van der Waals surface area contributed by atoms with Crippen molar-refractivity contribution in [1.29, 1.82) is 0 Å². The third kappa shape index (κ3) is 21.8. The van der Waals surface area contributed by atoms with Gasteiger partial charge in [-0.2, -0.15) is 0 Å². The Kier molecular flexibility index (Phi) is 22.3. The first-order chi connectivity index (χ1) is 13.7. The molecule has 28 heavy (non-hydrogen) atoms. The van der Waals surface area contributed by atoms with Crippen molar-refractivity contribution in [3.05, 3.63) is 0 Å². The fourth-order valence-corrected chi connectivity index (χ4v) is 3.75. The quantitative estimate of drug-likeness (QED) is 0.108. The third-order valence-electron chi connectivity index (χ3n) is 6.00. The molecule has 0 heterocycles. The van der Waals surface area contributed by atoms with Gasteiger partial charge in [0, 0.05) is 20.6 Å². The van der Waals surface area contributed by atoms with E-state index in [1.807, 2.05) is 0 Å². The molecule has 0 saturated carbocycles. The van der Waals surface area contributed by atoms with E-state index in [1.54, 1.807) is 0 Å². The third-order valence-corrected chi connectivity index (χ3v) is 6.00. The van der Waals surface area contributed by atoms with Gasteiger partial charge < -0.3 is 4.90 Å². The summed E-state index contributed by atoms with van der Waals surface area (Å²) in [5.74, 6) is 1.15. The summed E-state index contributed by atoms with van der Waals surface area (Å²) in [6, 6.07) is 0. The van der Waals surface area contributed by atoms with Gasteiger partial charge in [-0.15, -0.1) is 0 Å². The Balaban J connectivity index is 3.08. The highest BCUT2D eigenvalue weighted by atomic mass is 15.1. The van der Waals surface area contributed by atoms with Crippen LogP contribution in [0.2, 0.25) is 0 Å². The van der Waals surface area contributed by atoms with Crippen LogP contribution in [0, 0.1) is 0 Å². The maximum absolute atomic E-state index is 4.58. The fraction of sp³-hybridized carbons (Fsp3) is 0.962. The molecule has 0 aliphatic rings. The SMILES string of the molecule is CCCCCCCCCCCCCCCCCCCCCCN=C(C)N(C)C. The van der Waals surface area contributed by atoms with E-state index < -0.39 is 0 Å². The van der Waals surface area contributed by atoms with Crippen LogP contribution in [-0.4, -0.2) is 31.4 Å². The number of aliphatic imine (C=N–C) groups is 1. The van der Waals surface area contributed by atoms with Gasteiger partial charge in [0.1, 0.15) is 0 Å². The number of amidine groups is 1. The molecule has 0 N–H and O–H groups in total. The molecule has 0 bridgehead atoms. The standard InChI is InChI=1S/C26H54N2/c1-5-6-7-8-9-10-11-12-13-14-15-16-17-18-19-20-21-22-23-24-25-27-26(2)28(3)4/h5-25H2,1-4H3. The zero-order chi connectivity index (χ0) is 20.7. The van der Waals surface area contributed by atoms with Gasteiger partial charge in [0.25, 0.3) is 0 Å². The summed E-state index contributed by atoms with van der Waals surface area (Å²) in [7, 11) is 4.13. The van der Waals surface area contributed by atoms with Crippen LogP contribution in [0.25, 0.3) is 0 Å². The van der Waals surface area contributed by atoms with Gasteiger partial charge in [0.2, 0.25) is 0 Å². The predicted octanol–water partition coefficient (Wildman–Crippen LogP) is 8.79. The molecule has 0 saturated heterocycles. The molecule has 0 aliphatic carbocycles. The van der Waals surface area contributed by atoms with E-state index >= 15 is 0 Å². The van der Waals surface area contributed by atoms with Gasteiger partial charge in [-0.3, -0.25) is 4.99 Å². The highest BCUT2D eigenvalue weighted by molar-refractivity contribution is 5.79. The number of hydrogen-bond acceptors (Lipinski definition) is 1. The van der Waals surface area contributed by atoms with Crippen LogP contribution >= 0.6 is 0 Å². The minimum Gasteiger partial charge on any atom is -0.367 e. The largest absolute Gasteiger partial charge is 0.367 e. The van der Waals surface area contributed by atoms with Crippen molar-refractivity contribution in [2.45, 2.75) is 142 Å². The van der Waals surface area contributed by atoms with Gasteiger partial charge in [-0.25, -0.2) is 0 Å². The van der Waals surface area contributed by atoms with Crippen molar-refractivity contribution in [2.75, 3.05) is 20.6 Å². The fourth-order valence-electron chi connectivity index (χ4n) is 3.75. The molecule has 0 rings (SSSR count). The Morgan fingerprint density at radius 3 is 1.07 bits per heavy atom. The zero-order valence-electron chi connectivity index (χ0n) is 20.2. The van der Waals surface area contributed by atoms with Crippen molar-refractivity contribution in [1.82, 2.24) is 4.90 Å². The van der Waals surface area contributed by atoms with Crippen molar-refractivity contribution in [3.63, 3.8) is 0 Å². The Morgan fingerprint density at radius 1 is 0.500 bits per heavy atom. The summed E-state index contributed by atoms with van der Waals surface area (Å²) in [4.78, 5) is 6.68. The highest BCUT2D eigenvalue weighted by Crippen LogP contribution is 2.14. The summed E-state index contributed by atoms with van der Waals surface area (Å²) in [5, 5.41) is 0. The number of rotatable bonds is 21. The molecule has 0 spiro atoms. The van der Waals surface area contributed by atoms with Gasteiger partial charge in [-0.05, 0) is 13.3 Å². The summed E-state index contributed by atoms with van der Waals surface area (Å²) < 4.78 is 0. The molecule has 0 atom stereocenters. The molecular weight excluding hydrogens is 340 g/mol. The monoisotopic (exact) mass is 394 g/mol. The first kappa shape index (κ1) is 27.5. The summed E-state index contributed by atoms with van der Waals surface area (Å²) in [6.07, 6.45) is 28.8. The van der Waals surface area contributed by atoms with E-state index in [1.165, 1.54) is 128 Å². The van der Waals surface area contributed by atoms with Crippen LogP contribution in [0.15, 0.2) is 4.99 Å². The number of unbranched alkanes of at least 4 members (excludes halogenated alkanes) is 19. The summed E-state index contributed by atoms with van der Waals surface area (Å²) >= 11 is 0. The van der Waals surface area contributed by atoms with Crippen LogP contribution in [0.4, 0.5) is 0 Å². The molecule has 2 nitrogen and oxygen atoms in total. The van der Waals surface area contributed by atoms with E-state index in [4.69, 9.17) is 0 Å². The smallest absolute Gasteiger partial charge is 0.0952 e. The predicted molar refractivity (Wildman–Crippen MR) is 130 cm³/mol. The summed E-state index contributed by atoms with van der Waals surface area (Å²) in [5.41, 5.74) is 0. The van der Waals surface area contributed by atoms with E-state index in [2.05, 4.69) is 37.8 Å². The highest BCUT2D eigenvalue weighted by Gasteiger charge is 1.96. The number of nitrogens with zero attached hydrogens (tertiary/aromatic N) is 2. The van der Waals surface area contributed by atoms with Crippen LogP contribution in [-0.2, 0) is 0 Å². The van der Waals surface area contributed by atoms with Gasteiger partial charge in [0.15, 0.2) is 0 Å². The lowest BCUT2D eigenvalue weighted by Gasteiger charge is -2.10. The van der Waals surface area contributed by atoms with E-state index in [0.29, 0.717) is 0 Å². The molecule has 2 heteroatoms. The first-order valence-electron chi connectivity index (χ1n) is 12.9. The van der Waals surface area contributed by atoms with E-state index in [0.717, 1.165) is 12.4 Å².